The van der Waals surface area contributed by atoms with Gasteiger partial charge in [-0.1, -0.05) is 83.4 Å². The molecule has 9 heteroatoms. The van der Waals surface area contributed by atoms with Crippen molar-refractivity contribution < 1.29 is 22.8 Å². The van der Waals surface area contributed by atoms with E-state index in [1.54, 1.807) is 48.5 Å². The fourth-order valence-electron chi connectivity index (χ4n) is 3.67. The Morgan fingerprint density at radius 2 is 1.38 bits per heavy atom. The van der Waals surface area contributed by atoms with Gasteiger partial charge in [-0.2, -0.15) is 13.2 Å². The molecule has 1 aliphatic rings. The van der Waals surface area contributed by atoms with Gasteiger partial charge in [0.05, 0.1) is 38.7 Å². The molecule has 0 aromatic heterocycles. The van der Waals surface area contributed by atoms with E-state index in [0.29, 0.717) is 22.3 Å². The smallest absolute Gasteiger partial charge is 0.270 e. The average Bonchev–Trinajstić information content (AvgIpc) is 3.03. The molecule has 4 rings (SSSR count). The number of carbonyl (C=O) groups is 2. The predicted molar refractivity (Wildman–Crippen MR) is 126 cm³/mol. The van der Waals surface area contributed by atoms with Crippen molar-refractivity contribution in [2.45, 2.75) is 18.6 Å². The molecule has 174 valence electrons. The normalized spacial score (nSPS) is 14.7. The number of amides is 2. The van der Waals surface area contributed by atoms with Crippen LogP contribution in [-0.2, 0) is 6.54 Å². The second-order valence-corrected chi connectivity index (χ2v) is 8.85. The van der Waals surface area contributed by atoms with E-state index in [4.69, 9.17) is 34.8 Å². The molecule has 34 heavy (non-hydrogen) atoms. The van der Waals surface area contributed by atoms with Gasteiger partial charge in [-0.05, 0) is 41.0 Å². The molecule has 0 saturated carbocycles. The van der Waals surface area contributed by atoms with Gasteiger partial charge >= 0.3 is 6.18 Å². The molecule has 0 radical (unpaired) electrons. The van der Waals surface area contributed by atoms with Crippen molar-refractivity contribution in [3.05, 3.63) is 110 Å². The Balaban J connectivity index is 1.52. The van der Waals surface area contributed by atoms with Gasteiger partial charge in [-0.15, -0.1) is 0 Å². The standard InChI is InChI=1S/C25H15Cl3F3NO2/c26-20-11-16(12-21(27)22(20)28)19(25(29,30)31)10-9-14-5-7-15(8-6-14)13-32-23(33)17-3-1-2-4-18(17)24(32)34/h1-12,19H,13H2. The summed E-state index contributed by atoms with van der Waals surface area (Å²) in [6.07, 6.45) is -2.24. The maximum Gasteiger partial charge on any atom is 0.399 e. The molecule has 0 aliphatic carbocycles. The van der Waals surface area contributed by atoms with Gasteiger partial charge < -0.3 is 0 Å². The van der Waals surface area contributed by atoms with Crippen LogP contribution in [0.15, 0.2) is 66.7 Å². The molecule has 1 unspecified atom stereocenters. The first-order valence-corrected chi connectivity index (χ1v) is 11.1. The van der Waals surface area contributed by atoms with E-state index in [1.165, 1.54) is 6.08 Å². The molecule has 0 N–H and O–H groups in total. The minimum Gasteiger partial charge on any atom is -0.270 e. The lowest BCUT2D eigenvalue weighted by molar-refractivity contribution is -0.139. The van der Waals surface area contributed by atoms with Gasteiger partial charge in [0.1, 0.15) is 0 Å². The van der Waals surface area contributed by atoms with Crippen molar-refractivity contribution in [3.63, 3.8) is 0 Å². The lowest BCUT2D eigenvalue weighted by Crippen LogP contribution is -2.29. The molecule has 0 saturated heterocycles. The van der Waals surface area contributed by atoms with Crippen molar-refractivity contribution in [2.75, 3.05) is 0 Å². The highest BCUT2D eigenvalue weighted by molar-refractivity contribution is 6.48. The number of benzene rings is 3. The summed E-state index contributed by atoms with van der Waals surface area (Å²) in [5.74, 6) is -2.70. The summed E-state index contributed by atoms with van der Waals surface area (Å²) in [6, 6.07) is 15.4. The lowest BCUT2D eigenvalue weighted by Gasteiger charge is -2.18. The van der Waals surface area contributed by atoms with Gasteiger partial charge in [-0.3, -0.25) is 14.5 Å². The Morgan fingerprint density at radius 3 is 1.88 bits per heavy atom. The van der Waals surface area contributed by atoms with Crippen LogP contribution in [0.4, 0.5) is 13.2 Å². The van der Waals surface area contributed by atoms with Gasteiger partial charge in [-0.25, -0.2) is 0 Å². The van der Waals surface area contributed by atoms with Crippen molar-refractivity contribution in [1.82, 2.24) is 4.90 Å². The van der Waals surface area contributed by atoms with E-state index in [0.717, 1.165) is 23.1 Å². The van der Waals surface area contributed by atoms with Crippen LogP contribution in [0.25, 0.3) is 6.08 Å². The van der Waals surface area contributed by atoms with Crippen molar-refractivity contribution in [2.24, 2.45) is 0 Å². The van der Waals surface area contributed by atoms with Crippen LogP contribution in [0.2, 0.25) is 15.1 Å². The third-order valence-corrected chi connectivity index (χ3v) is 6.59. The maximum absolute atomic E-state index is 13.7. The first-order valence-electron chi connectivity index (χ1n) is 10.00. The van der Waals surface area contributed by atoms with E-state index in [-0.39, 0.29) is 39.0 Å². The third-order valence-electron chi connectivity index (χ3n) is 5.40. The number of alkyl halides is 3. The number of imide groups is 1. The summed E-state index contributed by atoms with van der Waals surface area (Å²) in [5.41, 5.74) is 1.74. The summed E-state index contributed by atoms with van der Waals surface area (Å²) in [6.45, 7) is 0.0588. The van der Waals surface area contributed by atoms with Crippen LogP contribution in [0.1, 0.15) is 43.3 Å². The Morgan fingerprint density at radius 1 is 0.853 bits per heavy atom. The molecule has 0 spiro atoms. The van der Waals surface area contributed by atoms with Crippen LogP contribution in [0.5, 0.6) is 0 Å². The maximum atomic E-state index is 13.7. The van der Waals surface area contributed by atoms with Crippen LogP contribution >= 0.6 is 34.8 Å². The number of allylic oxidation sites excluding steroid dienone is 1. The molecular formula is C25H15Cl3F3NO2. The van der Waals surface area contributed by atoms with E-state index < -0.39 is 12.1 Å². The van der Waals surface area contributed by atoms with Crippen molar-refractivity contribution in [1.29, 1.82) is 0 Å². The summed E-state index contributed by atoms with van der Waals surface area (Å²) in [4.78, 5) is 26.2. The number of fused-ring (bicyclic) bond motifs is 1. The van der Waals surface area contributed by atoms with E-state index in [1.807, 2.05) is 0 Å². The van der Waals surface area contributed by atoms with Crippen LogP contribution in [-0.4, -0.2) is 22.9 Å². The molecular weight excluding hydrogens is 510 g/mol. The molecule has 3 aromatic rings. The van der Waals surface area contributed by atoms with Crippen LogP contribution in [0.3, 0.4) is 0 Å². The molecule has 3 nitrogen and oxygen atoms in total. The van der Waals surface area contributed by atoms with Gasteiger partial charge in [0, 0.05) is 0 Å². The lowest BCUT2D eigenvalue weighted by atomic mass is 9.97. The van der Waals surface area contributed by atoms with Crippen molar-refractivity contribution in [3.8, 4) is 0 Å². The summed E-state index contributed by atoms with van der Waals surface area (Å²) in [5, 5.41) is -0.140. The van der Waals surface area contributed by atoms with Crippen LogP contribution in [0, 0.1) is 0 Å². The first kappa shape index (κ1) is 24.3. The Labute approximate surface area is 208 Å². The topological polar surface area (TPSA) is 37.4 Å². The zero-order valence-corrected chi connectivity index (χ0v) is 19.5. The molecule has 0 fully saturated rings. The number of nitrogens with zero attached hydrogens (tertiary/aromatic N) is 1. The molecule has 1 atom stereocenters. The summed E-state index contributed by atoms with van der Waals surface area (Å²) >= 11 is 17.7. The summed E-state index contributed by atoms with van der Waals surface area (Å²) in [7, 11) is 0. The fourth-order valence-corrected chi connectivity index (χ4v) is 4.28. The number of carbonyl (C=O) groups excluding carboxylic acids is 2. The van der Waals surface area contributed by atoms with Gasteiger partial charge in [0.2, 0.25) is 0 Å². The zero-order valence-electron chi connectivity index (χ0n) is 17.2. The molecule has 2 amide bonds. The Kier molecular flexibility index (Phi) is 6.76. The summed E-state index contributed by atoms with van der Waals surface area (Å²) < 4.78 is 41.1. The Bertz CT molecular complexity index is 1250. The number of hydrogen-bond donors (Lipinski definition) is 0. The van der Waals surface area contributed by atoms with E-state index >= 15 is 0 Å². The second-order valence-electron chi connectivity index (χ2n) is 7.66. The van der Waals surface area contributed by atoms with Gasteiger partial charge in [0.25, 0.3) is 11.8 Å². The average molecular weight is 525 g/mol. The fraction of sp³-hybridized carbons (Fsp3) is 0.120. The number of halogens is 6. The number of rotatable bonds is 5. The Hall–Kier alpha value is -2.80. The first-order chi connectivity index (χ1) is 16.1. The minimum absolute atomic E-state index is 0.00867. The number of hydrogen-bond acceptors (Lipinski definition) is 2. The van der Waals surface area contributed by atoms with Gasteiger partial charge in [0.15, 0.2) is 0 Å². The van der Waals surface area contributed by atoms with E-state index in [2.05, 4.69) is 0 Å². The quantitative estimate of drug-likeness (QED) is 0.252. The zero-order chi connectivity index (χ0) is 24.6. The molecule has 3 aromatic carbocycles. The predicted octanol–water partition coefficient (Wildman–Crippen LogP) is 7.80. The largest absolute Gasteiger partial charge is 0.399 e. The highest BCUT2D eigenvalue weighted by Gasteiger charge is 2.39. The SMILES string of the molecule is O=C1c2ccccc2C(=O)N1Cc1ccc(C=CC(c2cc(Cl)c(Cl)c(Cl)c2)C(F)(F)F)cc1. The second kappa shape index (κ2) is 9.45. The highest BCUT2D eigenvalue weighted by atomic mass is 35.5. The van der Waals surface area contributed by atoms with Crippen molar-refractivity contribution >= 4 is 52.7 Å². The van der Waals surface area contributed by atoms with Crippen LogP contribution < -0.4 is 0 Å². The van der Waals surface area contributed by atoms with E-state index in [9.17, 15) is 22.8 Å². The molecule has 1 heterocycles. The highest BCUT2D eigenvalue weighted by Crippen LogP contribution is 2.41. The minimum atomic E-state index is -4.58. The third kappa shape index (κ3) is 4.85. The molecule has 0 bridgehead atoms. The molecule has 1 aliphatic heterocycles. The monoisotopic (exact) mass is 523 g/mol.